The maximum atomic E-state index is 12.0. The smallest absolute Gasteiger partial charge is 0.334 e. The highest BCUT2D eigenvalue weighted by Gasteiger charge is 2.63. The van der Waals surface area contributed by atoms with E-state index in [1.165, 1.54) is 6.92 Å². The first-order valence-corrected chi connectivity index (χ1v) is 10.3. The van der Waals surface area contributed by atoms with Crippen LogP contribution < -0.4 is 0 Å². The molecule has 3 rings (SSSR count). The standard InChI is InChI=1S/C22H34O5/c1-14-6-7-17-20(3,4)18(27-15(2)23)9-11-21(17,5)22(14,25)12-8-16-10-13-26-19(16)24/h10,14,17-18,25H,6-9,11-13H2,1-5H3/t14-,17+,18+,21+,22-/m0/s1. The van der Waals surface area contributed by atoms with Gasteiger partial charge in [-0.2, -0.15) is 0 Å². The van der Waals surface area contributed by atoms with E-state index in [0.29, 0.717) is 25.0 Å². The zero-order valence-corrected chi connectivity index (χ0v) is 17.3. The second-order valence-electron chi connectivity index (χ2n) is 9.66. The van der Waals surface area contributed by atoms with Crippen LogP contribution in [0.5, 0.6) is 0 Å². The lowest BCUT2D eigenvalue weighted by Crippen LogP contribution is -2.65. The molecule has 27 heavy (non-hydrogen) atoms. The number of cyclic esters (lactones) is 1. The van der Waals surface area contributed by atoms with Crippen molar-refractivity contribution in [1.29, 1.82) is 0 Å². The summed E-state index contributed by atoms with van der Waals surface area (Å²) in [7, 11) is 0. The Labute approximate surface area is 162 Å². The summed E-state index contributed by atoms with van der Waals surface area (Å²) in [5.41, 5.74) is -0.626. The molecule has 1 aliphatic heterocycles. The molecule has 0 unspecified atom stereocenters. The number of carbonyl (C=O) groups excluding carboxylic acids is 2. The van der Waals surface area contributed by atoms with Crippen LogP contribution in [-0.4, -0.2) is 35.4 Å². The fourth-order valence-corrected chi connectivity index (χ4v) is 6.32. The topological polar surface area (TPSA) is 72.8 Å². The van der Waals surface area contributed by atoms with E-state index in [1.54, 1.807) is 0 Å². The number of ether oxygens (including phenoxy) is 2. The van der Waals surface area contributed by atoms with Crippen molar-refractivity contribution < 1.29 is 24.2 Å². The third-order valence-electron chi connectivity index (χ3n) is 8.01. The molecule has 2 aliphatic carbocycles. The Bertz CT molecular complexity index is 651. The zero-order valence-electron chi connectivity index (χ0n) is 17.3. The second-order valence-corrected chi connectivity index (χ2v) is 9.66. The van der Waals surface area contributed by atoms with Crippen molar-refractivity contribution >= 4 is 11.9 Å². The predicted molar refractivity (Wildman–Crippen MR) is 102 cm³/mol. The van der Waals surface area contributed by atoms with Gasteiger partial charge in [0.05, 0.1) is 5.60 Å². The van der Waals surface area contributed by atoms with Gasteiger partial charge in [0.1, 0.15) is 12.7 Å². The second kappa shape index (κ2) is 6.91. The van der Waals surface area contributed by atoms with Crippen LogP contribution in [0.3, 0.4) is 0 Å². The first-order chi connectivity index (χ1) is 12.5. The van der Waals surface area contributed by atoms with Crippen molar-refractivity contribution in [3.05, 3.63) is 11.6 Å². The summed E-state index contributed by atoms with van der Waals surface area (Å²) >= 11 is 0. The molecule has 3 aliphatic rings. The van der Waals surface area contributed by atoms with Crippen molar-refractivity contribution in [3.63, 3.8) is 0 Å². The fraction of sp³-hybridized carbons (Fsp3) is 0.818. The molecule has 0 amide bonds. The van der Waals surface area contributed by atoms with Crippen LogP contribution in [0.15, 0.2) is 11.6 Å². The SMILES string of the molecule is CC(=O)O[C@@H]1CC[C@]2(C)[C@H](CC[C@H](C)[C@@]2(O)CCC2=CCOC2=O)C1(C)C. The molecular weight excluding hydrogens is 344 g/mol. The average Bonchev–Trinajstić information content (AvgIpc) is 2.98. The van der Waals surface area contributed by atoms with Crippen LogP contribution in [0.25, 0.3) is 0 Å². The Kier molecular flexibility index (Phi) is 5.21. The van der Waals surface area contributed by atoms with E-state index < -0.39 is 5.60 Å². The van der Waals surface area contributed by atoms with Crippen LogP contribution in [0.1, 0.15) is 73.1 Å². The highest BCUT2D eigenvalue weighted by Crippen LogP contribution is 2.64. The molecular formula is C22H34O5. The third-order valence-corrected chi connectivity index (χ3v) is 8.01. The van der Waals surface area contributed by atoms with Crippen molar-refractivity contribution in [3.8, 4) is 0 Å². The third kappa shape index (κ3) is 3.22. The molecule has 0 spiro atoms. The molecule has 0 aromatic rings. The molecule has 0 radical (unpaired) electrons. The minimum atomic E-state index is -0.849. The monoisotopic (exact) mass is 378 g/mol. The van der Waals surface area contributed by atoms with Crippen molar-refractivity contribution in [2.24, 2.45) is 22.7 Å². The van der Waals surface area contributed by atoms with Gasteiger partial charge < -0.3 is 14.6 Å². The Morgan fingerprint density at radius 2 is 2.00 bits per heavy atom. The molecule has 152 valence electrons. The first-order valence-electron chi connectivity index (χ1n) is 10.3. The van der Waals surface area contributed by atoms with E-state index in [1.807, 2.05) is 6.08 Å². The van der Waals surface area contributed by atoms with Gasteiger partial charge in [-0.3, -0.25) is 4.79 Å². The number of aliphatic hydroxyl groups is 1. The van der Waals surface area contributed by atoms with Gasteiger partial charge in [0, 0.05) is 23.3 Å². The Morgan fingerprint density at radius 3 is 2.59 bits per heavy atom. The fourth-order valence-electron chi connectivity index (χ4n) is 6.32. The first kappa shape index (κ1) is 20.4. The van der Waals surface area contributed by atoms with Crippen LogP contribution in [-0.2, 0) is 19.1 Å². The minimum absolute atomic E-state index is 0.113. The molecule has 0 saturated heterocycles. The van der Waals surface area contributed by atoms with Gasteiger partial charge in [0.2, 0.25) is 0 Å². The molecule has 5 heteroatoms. The van der Waals surface area contributed by atoms with Gasteiger partial charge in [-0.05, 0) is 56.4 Å². The lowest BCUT2D eigenvalue weighted by molar-refractivity contribution is -0.236. The quantitative estimate of drug-likeness (QED) is 0.754. The van der Waals surface area contributed by atoms with E-state index >= 15 is 0 Å². The normalized spacial score (nSPS) is 40.7. The molecule has 2 fully saturated rings. The summed E-state index contributed by atoms with van der Waals surface area (Å²) in [5, 5.41) is 12.0. The van der Waals surface area contributed by atoms with Gasteiger partial charge in [-0.15, -0.1) is 0 Å². The molecule has 0 aromatic heterocycles. The summed E-state index contributed by atoms with van der Waals surface area (Å²) in [4.78, 5) is 23.4. The van der Waals surface area contributed by atoms with Crippen molar-refractivity contribution in [2.45, 2.75) is 84.8 Å². The lowest BCUT2D eigenvalue weighted by Gasteiger charge is -2.64. The van der Waals surface area contributed by atoms with E-state index in [2.05, 4.69) is 27.7 Å². The number of hydrogen-bond donors (Lipinski definition) is 1. The summed E-state index contributed by atoms with van der Waals surface area (Å²) in [6.07, 6.45) is 6.39. The molecule has 1 N–H and O–H groups in total. The predicted octanol–water partition coefficient (Wildman–Crippen LogP) is 3.79. The Hall–Kier alpha value is -1.36. The number of fused-ring (bicyclic) bond motifs is 1. The maximum Gasteiger partial charge on any atom is 0.334 e. The van der Waals surface area contributed by atoms with Gasteiger partial charge in [-0.25, -0.2) is 4.79 Å². The van der Waals surface area contributed by atoms with Crippen LogP contribution >= 0.6 is 0 Å². The number of carbonyl (C=O) groups is 2. The van der Waals surface area contributed by atoms with Gasteiger partial charge >= 0.3 is 11.9 Å². The van der Waals surface area contributed by atoms with Crippen LogP contribution in [0, 0.1) is 22.7 Å². The van der Waals surface area contributed by atoms with Gasteiger partial charge in [-0.1, -0.05) is 27.7 Å². The van der Waals surface area contributed by atoms with Crippen molar-refractivity contribution in [2.75, 3.05) is 6.61 Å². The average molecular weight is 379 g/mol. The summed E-state index contributed by atoms with van der Waals surface area (Å²) in [6.45, 7) is 10.5. The molecule has 0 aromatic carbocycles. The lowest BCUT2D eigenvalue weighted by atomic mass is 9.43. The van der Waals surface area contributed by atoms with E-state index in [0.717, 1.165) is 25.7 Å². The van der Waals surface area contributed by atoms with E-state index in [9.17, 15) is 14.7 Å². The van der Waals surface area contributed by atoms with Gasteiger partial charge in [0.15, 0.2) is 0 Å². The Balaban J connectivity index is 1.87. The molecule has 1 heterocycles. The largest absolute Gasteiger partial charge is 0.462 e. The zero-order chi connectivity index (χ0) is 20.0. The summed E-state index contributed by atoms with van der Waals surface area (Å²) in [5.74, 6) is -0.0582. The number of hydrogen-bond acceptors (Lipinski definition) is 5. The highest BCUT2D eigenvalue weighted by molar-refractivity contribution is 5.90. The van der Waals surface area contributed by atoms with E-state index in [-0.39, 0.29) is 40.7 Å². The minimum Gasteiger partial charge on any atom is -0.462 e. The Morgan fingerprint density at radius 1 is 1.30 bits per heavy atom. The van der Waals surface area contributed by atoms with Crippen LogP contribution in [0.2, 0.25) is 0 Å². The summed E-state index contributed by atoms with van der Waals surface area (Å²) in [6, 6.07) is 0. The van der Waals surface area contributed by atoms with Crippen molar-refractivity contribution in [1.82, 2.24) is 0 Å². The maximum absolute atomic E-state index is 12.0. The molecule has 5 atom stereocenters. The highest BCUT2D eigenvalue weighted by atomic mass is 16.5. The molecule has 2 saturated carbocycles. The molecule has 0 bridgehead atoms. The van der Waals surface area contributed by atoms with E-state index in [4.69, 9.17) is 9.47 Å². The van der Waals surface area contributed by atoms with Gasteiger partial charge in [0.25, 0.3) is 0 Å². The number of rotatable bonds is 4. The summed E-state index contributed by atoms with van der Waals surface area (Å²) < 4.78 is 10.7. The molecule has 5 nitrogen and oxygen atoms in total. The number of esters is 2. The van der Waals surface area contributed by atoms with Crippen LogP contribution in [0.4, 0.5) is 0 Å².